The lowest BCUT2D eigenvalue weighted by Gasteiger charge is -2.10. The van der Waals surface area contributed by atoms with E-state index in [1.807, 2.05) is 30.3 Å². The van der Waals surface area contributed by atoms with Gasteiger partial charge in [-0.3, -0.25) is 4.18 Å². The summed E-state index contributed by atoms with van der Waals surface area (Å²) in [6.07, 6.45) is 0.552. The molecule has 16 heavy (non-hydrogen) atoms. The van der Waals surface area contributed by atoms with E-state index < -0.39 is 10.3 Å². The summed E-state index contributed by atoms with van der Waals surface area (Å²) >= 11 is 0. The van der Waals surface area contributed by atoms with Gasteiger partial charge in [0.2, 0.25) is 0 Å². The summed E-state index contributed by atoms with van der Waals surface area (Å²) in [5, 5.41) is 4.67. The fourth-order valence-electron chi connectivity index (χ4n) is 1.16. The van der Waals surface area contributed by atoms with E-state index >= 15 is 0 Å². The molecule has 5 nitrogen and oxygen atoms in total. The second kappa shape index (κ2) is 6.82. The molecule has 0 aliphatic heterocycles. The molecular weight excluding hydrogens is 252 g/mol. The molecular formula is C9H15ClN2O3S. The highest BCUT2D eigenvalue weighted by Gasteiger charge is 2.08. The van der Waals surface area contributed by atoms with Gasteiger partial charge in [-0.05, 0) is 12.0 Å². The minimum atomic E-state index is -3.89. The van der Waals surface area contributed by atoms with Gasteiger partial charge >= 0.3 is 10.3 Å². The molecule has 0 bridgehead atoms. The van der Waals surface area contributed by atoms with E-state index in [1.165, 1.54) is 0 Å². The Labute approximate surface area is 101 Å². The summed E-state index contributed by atoms with van der Waals surface area (Å²) in [6, 6.07) is 9.12. The van der Waals surface area contributed by atoms with Crippen molar-refractivity contribution in [3.63, 3.8) is 0 Å². The molecule has 0 saturated heterocycles. The first kappa shape index (κ1) is 15.3. The summed E-state index contributed by atoms with van der Waals surface area (Å²) < 4.78 is 25.4. The predicted molar refractivity (Wildman–Crippen MR) is 64.4 cm³/mol. The van der Waals surface area contributed by atoms with Crippen LogP contribution in [0.3, 0.4) is 0 Å². The highest BCUT2D eigenvalue weighted by molar-refractivity contribution is 7.84. The van der Waals surface area contributed by atoms with Gasteiger partial charge < -0.3 is 5.73 Å². The maximum absolute atomic E-state index is 10.5. The molecule has 1 aromatic rings. The fourth-order valence-corrected chi connectivity index (χ4v) is 1.52. The van der Waals surface area contributed by atoms with Gasteiger partial charge in [0.25, 0.3) is 0 Å². The maximum Gasteiger partial charge on any atom is 0.333 e. The van der Waals surface area contributed by atoms with Gasteiger partial charge in [0, 0.05) is 6.04 Å². The van der Waals surface area contributed by atoms with E-state index in [2.05, 4.69) is 9.32 Å². The minimum absolute atomic E-state index is 0. The average Bonchev–Trinajstić information content (AvgIpc) is 2.15. The van der Waals surface area contributed by atoms with Crippen LogP contribution in [-0.2, 0) is 20.9 Å². The Bertz CT molecular complexity index is 396. The molecule has 4 N–H and O–H groups in total. The number of hydrogen-bond acceptors (Lipinski definition) is 4. The summed E-state index contributed by atoms with van der Waals surface area (Å²) in [6.45, 7) is -0.103. The van der Waals surface area contributed by atoms with Gasteiger partial charge in [0.1, 0.15) is 0 Å². The molecule has 1 rings (SSSR count). The number of rotatable bonds is 5. The quantitative estimate of drug-likeness (QED) is 0.796. The van der Waals surface area contributed by atoms with Crippen LogP contribution in [0.15, 0.2) is 30.3 Å². The Balaban J connectivity index is 0.00000225. The normalized spacial score (nSPS) is 12.9. The van der Waals surface area contributed by atoms with Crippen molar-refractivity contribution in [2.24, 2.45) is 10.9 Å². The van der Waals surface area contributed by atoms with Crippen LogP contribution >= 0.6 is 12.4 Å². The van der Waals surface area contributed by atoms with Crippen molar-refractivity contribution in [1.82, 2.24) is 0 Å². The van der Waals surface area contributed by atoms with Crippen molar-refractivity contribution in [2.75, 3.05) is 6.61 Å². The molecule has 0 radical (unpaired) electrons. The van der Waals surface area contributed by atoms with Crippen LogP contribution in [0, 0.1) is 0 Å². The van der Waals surface area contributed by atoms with Gasteiger partial charge in [0.05, 0.1) is 6.61 Å². The van der Waals surface area contributed by atoms with Crippen LogP contribution in [0.25, 0.3) is 0 Å². The van der Waals surface area contributed by atoms with Crippen LogP contribution in [0.5, 0.6) is 0 Å². The molecule has 0 aliphatic carbocycles. The van der Waals surface area contributed by atoms with Crippen LogP contribution in [0.4, 0.5) is 0 Å². The van der Waals surface area contributed by atoms with Gasteiger partial charge in [-0.2, -0.15) is 8.42 Å². The van der Waals surface area contributed by atoms with Crippen LogP contribution < -0.4 is 10.9 Å². The molecule has 0 aliphatic rings. The minimum Gasteiger partial charge on any atom is -0.325 e. The molecule has 0 saturated carbocycles. The van der Waals surface area contributed by atoms with Crippen molar-refractivity contribution in [2.45, 2.75) is 12.5 Å². The summed E-state index contributed by atoms with van der Waals surface area (Å²) in [4.78, 5) is 0. The number of benzene rings is 1. The van der Waals surface area contributed by atoms with Crippen molar-refractivity contribution in [3.8, 4) is 0 Å². The Kier molecular flexibility index (Phi) is 6.54. The van der Waals surface area contributed by atoms with Crippen molar-refractivity contribution >= 4 is 22.7 Å². The average molecular weight is 267 g/mol. The van der Waals surface area contributed by atoms with E-state index in [-0.39, 0.29) is 25.1 Å². The maximum atomic E-state index is 10.5. The lowest BCUT2D eigenvalue weighted by molar-refractivity contribution is 0.291. The van der Waals surface area contributed by atoms with E-state index in [0.29, 0.717) is 6.42 Å². The topological polar surface area (TPSA) is 95.4 Å². The van der Waals surface area contributed by atoms with Gasteiger partial charge in [-0.25, -0.2) is 5.14 Å². The van der Waals surface area contributed by atoms with Gasteiger partial charge in [-0.1, -0.05) is 30.3 Å². The van der Waals surface area contributed by atoms with Crippen molar-refractivity contribution in [3.05, 3.63) is 35.9 Å². The zero-order valence-corrected chi connectivity index (χ0v) is 10.2. The van der Waals surface area contributed by atoms with Gasteiger partial charge in [-0.15, -0.1) is 12.4 Å². The highest BCUT2D eigenvalue weighted by atomic mass is 35.5. The molecule has 1 aromatic carbocycles. The molecule has 0 heterocycles. The standard InChI is InChI=1S/C9H14N2O3S.ClH/c10-9(7-14-15(11,12)13)6-8-4-2-1-3-5-8;/h1-5,9H,6-7,10H2,(H2,11,12,13);1H/t9-;/m1./s1. The first-order valence-electron chi connectivity index (χ1n) is 4.44. The molecule has 0 aromatic heterocycles. The van der Waals surface area contributed by atoms with Crippen molar-refractivity contribution < 1.29 is 12.6 Å². The van der Waals surface area contributed by atoms with Crippen LogP contribution in [-0.4, -0.2) is 21.1 Å². The first-order chi connectivity index (χ1) is 6.97. The highest BCUT2D eigenvalue weighted by Crippen LogP contribution is 2.02. The molecule has 7 heteroatoms. The monoisotopic (exact) mass is 266 g/mol. The Morgan fingerprint density at radius 1 is 1.25 bits per heavy atom. The zero-order valence-electron chi connectivity index (χ0n) is 8.57. The fraction of sp³-hybridized carbons (Fsp3) is 0.333. The number of halogens is 1. The third-order valence-corrected chi connectivity index (χ3v) is 2.25. The number of hydrogen-bond donors (Lipinski definition) is 2. The lowest BCUT2D eigenvalue weighted by atomic mass is 10.1. The second-order valence-corrected chi connectivity index (χ2v) is 4.45. The molecule has 0 spiro atoms. The molecule has 0 amide bonds. The predicted octanol–water partition coefficient (Wildman–Crippen LogP) is 0.198. The SMILES string of the molecule is Cl.N[C@@H](COS(N)(=O)=O)Cc1ccccc1. The van der Waals surface area contributed by atoms with E-state index in [4.69, 9.17) is 5.73 Å². The molecule has 0 unspecified atom stereocenters. The summed E-state index contributed by atoms with van der Waals surface area (Å²) in [7, 11) is -3.89. The first-order valence-corrected chi connectivity index (χ1v) is 5.91. The Morgan fingerprint density at radius 3 is 2.31 bits per heavy atom. The third kappa shape index (κ3) is 6.76. The van der Waals surface area contributed by atoms with Gasteiger partial charge in [0.15, 0.2) is 0 Å². The lowest BCUT2D eigenvalue weighted by Crippen LogP contribution is -2.31. The van der Waals surface area contributed by atoms with Crippen LogP contribution in [0.1, 0.15) is 5.56 Å². The van der Waals surface area contributed by atoms with E-state index in [0.717, 1.165) is 5.56 Å². The second-order valence-electron chi connectivity index (χ2n) is 3.23. The largest absolute Gasteiger partial charge is 0.333 e. The summed E-state index contributed by atoms with van der Waals surface area (Å²) in [5.74, 6) is 0. The molecule has 1 atom stereocenters. The number of nitrogens with two attached hydrogens (primary N) is 2. The molecule has 0 fully saturated rings. The van der Waals surface area contributed by atoms with Crippen LogP contribution in [0.2, 0.25) is 0 Å². The zero-order chi connectivity index (χ0) is 11.3. The van der Waals surface area contributed by atoms with E-state index in [9.17, 15) is 8.42 Å². The smallest absolute Gasteiger partial charge is 0.325 e. The molecule has 92 valence electrons. The van der Waals surface area contributed by atoms with E-state index in [1.54, 1.807) is 0 Å². The third-order valence-electron chi connectivity index (χ3n) is 1.79. The summed E-state index contributed by atoms with van der Waals surface area (Å²) in [5.41, 5.74) is 6.70. The Morgan fingerprint density at radius 2 is 1.81 bits per heavy atom. The Hall–Kier alpha value is -0.660. The van der Waals surface area contributed by atoms with Crippen molar-refractivity contribution in [1.29, 1.82) is 0 Å².